The molecule has 0 bridgehead atoms. The largest absolute Gasteiger partial charge is 0.508 e. The third kappa shape index (κ3) is 3.27. The van der Waals surface area contributed by atoms with E-state index in [4.69, 9.17) is 5.11 Å². The van der Waals surface area contributed by atoms with Crippen molar-refractivity contribution in [3.63, 3.8) is 0 Å². The lowest BCUT2D eigenvalue weighted by molar-refractivity contribution is -0.133. The van der Waals surface area contributed by atoms with Crippen LogP contribution >= 0.6 is 11.8 Å². The molecule has 0 aliphatic heterocycles. The summed E-state index contributed by atoms with van der Waals surface area (Å²) in [4.78, 5) is 10.7. The van der Waals surface area contributed by atoms with E-state index < -0.39 is 5.97 Å². The maximum absolute atomic E-state index is 10.7. The summed E-state index contributed by atoms with van der Waals surface area (Å²) < 4.78 is 1.75. The highest BCUT2D eigenvalue weighted by molar-refractivity contribution is 7.99. The van der Waals surface area contributed by atoms with Gasteiger partial charge in [-0.1, -0.05) is 11.8 Å². The summed E-state index contributed by atoms with van der Waals surface area (Å²) in [5, 5.41) is 36.5. The van der Waals surface area contributed by atoms with Crippen LogP contribution in [0, 0.1) is 0 Å². The molecule has 0 saturated heterocycles. The Balaban J connectivity index is 2.46. The second-order valence-electron chi connectivity index (χ2n) is 4.65. The fourth-order valence-corrected chi connectivity index (χ4v) is 2.65. The first-order valence-corrected chi connectivity index (χ1v) is 7.20. The number of thioether (sulfide) groups is 1. The van der Waals surface area contributed by atoms with E-state index in [9.17, 15) is 15.0 Å². The van der Waals surface area contributed by atoms with E-state index in [-0.39, 0.29) is 23.3 Å². The first-order chi connectivity index (χ1) is 9.90. The van der Waals surface area contributed by atoms with E-state index in [1.807, 2.05) is 13.8 Å². The molecule has 0 amide bonds. The van der Waals surface area contributed by atoms with Gasteiger partial charge in [0, 0.05) is 12.1 Å². The van der Waals surface area contributed by atoms with Gasteiger partial charge in [-0.05, 0) is 26.0 Å². The van der Waals surface area contributed by atoms with Crippen LogP contribution < -0.4 is 0 Å². The summed E-state index contributed by atoms with van der Waals surface area (Å²) in [5.41, 5.74) is 0.427. The molecule has 0 spiro atoms. The number of nitrogens with zero attached hydrogens (tertiary/aromatic N) is 3. The Bertz CT molecular complexity index is 669. The van der Waals surface area contributed by atoms with Crippen LogP contribution in [0.4, 0.5) is 0 Å². The van der Waals surface area contributed by atoms with Crippen LogP contribution in [0.15, 0.2) is 23.4 Å². The van der Waals surface area contributed by atoms with Crippen LogP contribution in [-0.4, -0.2) is 41.8 Å². The minimum absolute atomic E-state index is 0.0144. The fourth-order valence-electron chi connectivity index (χ4n) is 1.86. The summed E-state index contributed by atoms with van der Waals surface area (Å²) in [5.74, 6) is -0.791. The summed E-state index contributed by atoms with van der Waals surface area (Å²) in [6.07, 6.45) is 0. The van der Waals surface area contributed by atoms with E-state index in [2.05, 4.69) is 10.2 Å². The highest BCUT2D eigenvalue weighted by Crippen LogP contribution is 2.34. The van der Waals surface area contributed by atoms with Crippen molar-refractivity contribution < 1.29 is 20.1 Å². The molecule has 7 nitrogen and oxygen atoms in total. The lowest BCUT2D eigenvalue weighted by Crippen LogP contribution is -2.07. The number of aromatic nitrogens is 3. The van der Waals surface area contributed by atoms with Gasteiger partial charge in [0.2, 0.25) is 0 Å². The van der Waals surface area contributed by atoms with Crippen LogP contribution in [0.25, 0.3) is 11.4 Å². The molecule has 1 aromatic heterocycles. The normalized spacial score (nSPS) is 11.0. The Morgan fingerprint density at radius 1 is 1.33 bits per heavy atom. The molecule has 21 heavy (non-hydrogen) atoms. The Hall–Kier alpha value is -2.22. The third-order valence-electron chi connectivity index (χ3n) is 2.73. The van der Waals surface area contributed by atoms with E-state index >= 15 is 0 Å². The number of aromatic hydroxyl groups is 2. The van der Waals surface area contributed by atoms with E-state index in [0.29, 0.717) is 16.5 Å². The second kappa shape index (κ2) is 6.04. The van der Waals surface area contributed by atoms with Gasteiger partial charge in [0.15, 0.2) is 11.0 Å². The van der Waals surface area contributed by atoms with Crippen molar-refractivity contribution in [2.45, 2.75) is 25.0 Å². The highest BCUT2D eigenvalue weighted by atomic mass is 32.2. The van der Waals surface area contributed by atoms with Crippen LogP contribution in [-0.2, 0) is 4.79 Å². The van der Waals surface area contributed by atoms with E-state index in [0.717, 1.165) is 11.8 Å². The Kier molecular flexibility index (Phi) is 4.37. The highest BCUT2D eigenvalue weighted by Gasteiger charge is 2.19. The first kappa shape index (κ1) is 15.2. The molecule has 0 unspecified atom stereocenters. The standard InChI is InChI=1S/C13H15N3O4S/c1-7(2)16-12(9-4-3-8(17)5-10(9)18)14-15-13(16)21-6-11(19)20/h3-5,7,17-18H,6H2,1-2H3,(H,19,20). The Labute approximate surface area is 125 Å². The maximum atomic E-state index is 10.7. The molecule has 0 radical (unpaired) electrons. The number of benzene rings is 1. The molecule has 0 atom stereocenters. The summed E-state index contributed by atoms with van der Waals surface area (Å²) in [6.45, 7) is 3.82. The SMILES string of the molecule is CC(C)n1c(SCC(=O)O)nnc1-c1ccc(O)cc1O. The molecule has 0 saturated carbocycles. The lowest BCUT2D eigenvalue weighted by Gasteiger charge is -2.14. The zero-order valence-electron chi connectivity index (χ0n) is 11.5. The van der Waals surface area contributed by atoms with Gasteiger partial charge in [-0.3, -0.25) is 9.36 Å². The van der Waals surface area contributed by atoms with Gasteiger partial charge in [0.05, 0.1) is 11.3 Å². The zero-order chi connectivity index (χ0) is 15.6. The molecule has 2 aromatic rings. The molecule has 0 aliphatic rings. The van der Waals surface area contributed by atoms with Gasteiger partial charge in [-0.2, -0.15) is 0 Å². The second-order valence-corrected chi connectivity index (χ2v) is 5.60. The van der Waals surface area contributed by atoms with Crippen LogP contribution in [0.5, 0.6) is 11.5 Å². The first-order valence-electron chi connectivity index (χ1n) is 6.22. The fraction of sp³-hybridized carbons (Fsp3) is 0.308. The van der Waals surface area contributed by atoms with Crippen LogP contribution in [0.3, 0.4) is 0 Å². The molecule has 1 aromatic carbocycles. The smallest absolute Gasteiger partial charge is 0.313 e. The predicted octanol–water partition coefficient (Wildman–Crippen LogP) is 2.11. The number of phenols is 2. The van der Waals surface area contributed by atoms with Gasteiger partial charge in [0.25, 0.3) is 0 Å². The molecule has 2 rings (SSSR count). The molecular weight excluding hydrogens is 294 g/mol. The van der Waals surface area contributed by atoms with Gasteiger partial charge < -0.3 is 15.3 Å². The molecular formula is C13H15N3O4S. The average molecular weight is 309 g/mol. The van der Waals surface area contributed by atoms with Gasteiger partial charge in [0.1, 0.15) is 11.5 Å². The van der Waals surface area contributed by atoms with Crippen LogP contribution in [0.1, 0.15) is 19.9 Å². The number of rotatable bonds is 5. The number of carbonyl (C=O) groups is 1. The van der Waals surface area contributed by atoms with Gasteiger partial charge in [-0.15, -0.1) is 10.2 Å². The van der Waals surface area contributed by atoms with Crippen molar-refractivity contribution in [3.8, 4) is 22.9 Å². The van der Waals surface area contributed by atoms with Crippen LogP contribution in [0.2, 0.25) is 0 Å². The Morgan fingerprint density at radius 2 is 2.05 bits per heavy atom. The predicted molar refractivity (Wildman–Crippen MR) is 77.5 cm³/mol. The van der Waals surface area contributed by atoms with Crippen molar-refractivity contribution in [1.82, 2.24) is 14.8 Å². The van der Waals surface area contributed by atoms with Gasteiger partial charge >= 0.3 is 5.97 Å². The zero-order valence-corrected chi connectivity index (χ0v) is 12.3. The molecule has 1 heterocycles. The quantitative estimate of drug-likeness (QED) is 0.726. The topological polar surface area (TPSA) is 108 Å². The number of aliphatic carboxylic acids is 1. The number of hydrogen-bond donors (Lipinski definition) is 3. The van der Waals surface area contributed by atoms with Gasteiger partial charge in [-0.25, -0.2) is 0 Å². The average Bonchev–Trinajstić information content (AvgIpc) is 2.80. The molecule has 112 valence electrons. The molecule has 0 fully saturated rings. The van der Waals surface area contributed by atoms with E-state index in [1.54, 1.807) is 10.6 Å². The van der Waals surface area contributed by atoms with E-state index in [1.165, 1.54) is 12.1 Å². The number of hydrogen-bond acceptors (Lipinski definition) is 6. The monoisotopic (exact) mass is 309 g/mol. The minimum atomic E-state index is -0.938. The number of phenolic OH excluding ortho intramolecular Hbond substituents is 2. The minimum Gasteiger partial charge on any atom is -0.508 e. The van der Waals surface area contributed by atoms with Crippen molar-refractivity contribution in [2.75, 3.05) is 5.75 Å². The molecule has 0 aliphatic carbocycles. The van der Waals surface area contributed by atoms with Crippen molar-refractivity contribution in [2.24, 2.45) is 0 Å². The lowest BCUT2D eigenvalue weighted by atomic mass is 10.1. The molecule has 8 heteroatoms. The summed E-state index contributed by atoms with van der Waals surface area (Å²) in [7, 11) is 0. The Morgan fingerprint density at radius 3 is 2.62 bits per heavy atom. The van der Waals surface area contributed by atoms with Crippen molar-refractivity contribution in [3.05, 3.63) is 18.2 Å². The number of carboxylic acid groups (broad SMARTS) is 1. The summed E-state index contributed by atoms with van der Waals surface area (Å²) in [6, 6.07) is 4.19. The third-order valence-corrected chi connectivity index (χ3v) is 3.66. The maximum Gasteiger partial charge on any atom is 0.313 e. The van der Waals surface area contributed by atoms with Crippen molar-refractivity contribution in [1.29, 1.82) is 0 Å². The summed E-state index contributed by atoms with van der Waals surface area (Å²) >= 11 is 1.07. The van der Waals surface area contributed by atoms with Crippen molar-refractivity contribution >= 4 is 17.7 Å². The number of carboxylic acids is 1. The molecule has 3 N–H and O–H groups in total.